The fourth-order valence-corrected chi connectivity index (χ4v) is 3.57. The first-order chi connectivity index (χ1) is 15.8. The average Bonchev–Trinajstić information content (AvgIpc) is 3.61. The SMILES string of the molecule is C(OCC(COCC1CO1)C(COCC1CO1)(COCC1CO1)COCC1CO1)C1CO1. The molecule has 0 radical (unpaired) electrons. The van der Waals surface area contributed by atoms with Crippen molar-refractivity contribution in [3.63, 3.8) is 0 Å². The molecule has 0 aromatic rings. The maximum absolute atomic E-state index is 6.12. The zero-order valence-electron chi connectivity index (χ0n) is 18.7. The first-order valence-electron chi connectivity index (χ1n) is 11.8. The van der Waals surface area contributed by atoms with E-state index in [0.717, 1.165) is 33.0 Å². The minimum absolute atomic E-state index is 0.0142. The third-order valence-corrected chi connectivity index (χ3v) is 6.20. The van der Waals surface area contributed by atoms with Crippen molar-refractivity contribution in [1.29, 1.82) is 0 Å². The molecule has 5 saturated heterocycles. The van der Waals surface area contributed by atoms with Crippen LogP contribution in [0.2, 0.25) is 0 Å². The van der Waals surface area contributed by atoms with Gasteiger partial charge in [-0.15, -0.1) is 0 Å². The molecule has 10 nitrogen and oxygen atoms in total. The molecule has 0 saturated carbocycles. The van der Waals surface area contributed by atoms with Crippen molar-refractivity contribution in [1.82, 2.24) is 0 Å². The van der Waals surface area contributed by atoms with Gasteiger partial charge in [0.05, 0.1) is 99.1 Å². The Morgan fingerprint density at radius 3 is 1.06 bits per heavy atom. The molecule has 5 unspecified atom stereocenters. The maximum Gasteiger partial charge on any atom is 0.104 e. The van der Waals surface area contributed by atoms with Crippen molar-refractivity contribution in [3.8, 4) is 0 Å². The van der Waals surface area contributed by atoms with Gasteiger partial charge < -0.3 is 47.4 Å². The van der Waals surface area contributed by atoms with E-state index in [9.17, 15) is 0 Å². The summed E-state index contributed by atoms with van der Waals surface area (Å²) in [6.45, 7) is 9.15. The molecular weight excluding hydrogens is 424 g/mol. The topological polar surface area (TPSA) is 109 Å². The largest absolute Gasteiger partial charge is 0.378 e. The van der Waals surface area contributed by atoms with Crippen molar-refractivity contribution >= 4 is 0 Å². The summed E-state index contributed by atoms with van der Waals surface area (Å²) in [6.07, 6.45) is 0.999. The summed E-state index contributed by atoms with van der Waals surface area (Å²) in [5.41, 5.74) is -0.437. The van der Waals surface area contributed by atoms with Gasteiger partial charge in [-0.1, -0.05) is 0 Å². The molecule has 0 amide bonds. The van der Waals surface area contributed by atoms with Crippen LogP contribution in [0.25, 0.3) is 0 Å². The zero-order chi connectivity index (χ0) is 21.6. The van der Waals surface area contributed by atoms with Crippen LogP contribution in [0, 0.1) is 11.3 Å². The van der Waals surface area contributed by atoms with Gasteiger partial charge in [0.2, 0.25) is 0 Å². The average molecular weight is 461 g/mol. The van der Waals surface area contributed by atoms with E-state index in [1.807, 2.05) is 0 Å². The first kappa shape index (κ1) is 23.3. The maximum atomic E-state index is 6.12. The van der Waals surface area contributed by atoms with E-state index in [1.54, 1.807) is 0 Å². The molecule has 5 aliphatic heterocycles. The van der Waals surface area contributed by atoms with Crippen molar-refractivity contribution in [3.05, 3.63) is 0 Å². The fourth-order valence-electron chi connectivity index (χ4n) is 3.57. The molecule has 0 aromatic carbocycles. The van der Waals surface area contributed by atoms with Crippen molar-refractivity contribution in [2.24, 2.45) is 11.3 Å². The fraction of sp³-hybridized carbons (Fsp3) is 1.00. The highest BCUT2D eigenvalue weighted by atomic mass is 16.6. The van der Waals surface area contributed by atoms with Crippen LogP contribution < -0.4 is 0 Å². The van der Waals surface area contributed by atoms with E-state index >= 15 is 0 Å². The highest BCUT2D eigenvalue weighted by Gasteiger charge is 2.43. The molecule has 0 N–H and O–H groups in total. The normalized spacial score (nSPS) is 34.7. The predicted octanol–water partition coefficient (Wildman–Crippen LogP) is -0.334. The van der Waals surface area contributed by atoms with Gasteiger partial charge in [-0.3, -0.25) is 0 Å². The monoisotopic (exact) mass is 460 g/mol. The second-order valence-electron chi connectivity index (χ2n) is 9.46. The Balaban J connectivity index is 1.23. The molecule has 0 bridgehead atoms. The molecule has 32 heavy (non-hydrogen) atoms. The standard InChI is InChI=1S/C22H36O10/c1(23-3-17-8-28-17)16(2-24-4-18-9-29-18)22(13-25-5-19-10-30-19,14-26-6-20-11-31-20)15-27-7-21-12-32-21/h16-21H,1-15H2. The summed E-state index contributed by atoms with van der Waals surface area (Å²) in [5.74, 6) is 0.0142. The predicted molar refractivity (Wildman–Crippen MR) is 109 cm³/mol. The second-order valence-corrected chi connectivity index (χ2v) is 9.46. The molecule has 5 rings (SSSR count). The van der Waals surface area contributed by atoms with Gasteiger partial charge in [-0.2, -0.15) is 0 Å². The summed E-state index contributed by atoms with van der Waals surface area (Å²) in [4.78, 5) is 0. The lowest BCUT2D eigenvalue weighted by molar-refractivity contribution is -0.134. The van der Waals surface area contributed by atoms with E-state index in [-0.39, 0.29) is 36.4 Å². The quantitative estimate of drug-likeness (QED) is 0.211. The van der Waals surface area contributed by atoms with Gasteiger partial charge in [-0.05, 0) is 0 Å². The lowest BCUT2D eigenvalue weighted by Gasteiger charge is -2.40. The molecule has 5 heterocycles. The van der Waals surface area contributed by atoms with Crippen LogP contribution in [0.1, 0.15) is 0 Å². The summed E-state index contributed by atoms with van der Waals surface area (Å²) in [6, 6.07) is 0. The Morgan fingerprint density at radius 1 is 0.500 bits per heavy atom. The highest BCUT2D eigenvalue weighted by molar-refractivity contribution is 4.89. The minimum Gasteiger partial charge on any atom is -0.378 e. The first-order valence-corrected chi connectivity index (χ1v) is 11.8. The van der Waals surface area contributed by atoms with Gasteiger partial charge in [0, 0.05) is 11.3 Å². The zero-order valence-corrected chi connectivity index (χ0v) is 18.7. The van der Waals surface area contributed by atoms with Gasteiger partial charge in [0.1, 0.15) is 30.5 Å². The van der Waals surface area contributed by atoms with E-state index in [4.69, 9.17) is 47.4 Å². The number of rotatable bonds is 21. The number of ether oxygens (including phenoxy) is 10. The summed E-state index contributed by atoms with van der Waals surface area (Å²) >= 11 is 0. The van der Waals surface area contributed by atoms with Gasteiger partial charge in [0.15, 0.2) is 0 Å². The third-order valence-electron chi connectivity index (χ3n) is 6.20. The molecule has 5 aliphatic rings. The number of hydrogen-bond acceptors (Lipinski definition) is 10. The van der Waals surface area contributed by atoms with Crippen molar-refractivity contribution in [2.75, 3.05) is 99.1 Å². The lowest BCUT2D eigenvalue weighted by Crippen LogP contribution is -2.48. The van der Waals surface area contributed by atoms with Crippen LogP contribution in [0.4, 0.5) is 0 Å². The summed E-state index contributed by atoms with van der Waals surface area (Å²) < 4.78 is 57.0. The van der Waals surface area contributed by atoms with Crippen LogP contribution in [0.15, 0.2) is 0 Å². The van der Waals surface area contributed by atoms with Crippen LogP contribution in [-0.2, 0) is 47.4 Å². The van der Waals surface area contributed by atoms with E-state index in [0.29, 0.717) is 66.1 Å². The van der Waals surface area contributed by atoms with Crippen LogP contribution in [0.5, 0.6) is 0 Å². The molecule has 0 aromatic heterocycles. The summed E-state index contributed by atoms with van der Waals surface area (Å²) in [7, 11) is 0. The molecule has 5 atom stereocenters. The smallest absolute Gasteiger partial charge is 0.104 e. The van der Waals surface area contributed by atoms with Crippen molar-refractivity contribution < 1.29 is 47.4 Å². The van der Waals surface area contributed by atoms with Gasteiger partial charge >= 0.3 is 0 Å². The van der Waals surface area contributed by atoms with E-state index in [2.05, 4.69) is 0 Å². The van der Waals surface area contributed by atoms with Crippen LogP contribution >= 0.6 is 0 Å². The lowest BCUT2D eigenvalue weighted by atomic mass is 9.77. The molecule has 0 aliphatic carbocycles. The summed E-state index contributed by atoms with van der Waals surface area (Å²) in [5, 5.41) is 0. The van der Waals surface area contributed by atoms with E-state index < -0.39 is 5.41 Å². The minimum atomic E-state index is -0.437. The third kappa shape index (κ3) is 8.43. The Hall–Kier alpha value is -0.400. The van der Waals surface area contributed by atoms with Crippen LogP contribution in [-0.4, -0.2) is 130 Å². The molecular formula is C22H36O10. The van der Waals surface area contributed by atoms with Gasteiger partial charge in [-0.25, -0.2) is 0 Å². The van der Waals surface area contributed by atoms with Crippen molar-refractivity contribution in [2.45, 2.75) is 30.5 Å². The Kier molecular flexibility index (Phi) is 8.28. The van der Waals surface area contributed by atoms with Gasteiger partial charge in [0.25, 0.3) is 0 Å². The van der Waals surface area contributed by atoms with E-state index in [1.165, 1.54) is 0 Å². The Bertz CT molecular complexity index is 493. The number of epoxide rings is 5. The molecule has 0 spiro atoms. The second kappa shape index (κ2) is 11.4. The number of hydrogen-bond donors (Lipinski definition) is 0. The molecule has 184 valence electrons. The highest BCUT2D eigenvalue weighted by Crippen LogP contribution is 2.33. The molecule has 5 fully saturated rings. The Morgan fingerprint density at radius 2 is 0.781 bits per heavy atom. The Labute approximate surface area is 189 Å². The van der Waals surface area contributed by atoms with Crippen LogP contribution in [0.3, 0.4) is 0 Å². The molecule has 10 heteroatoms.